The van der Waals surface area contributed by atoms with E-state index in [1.165, 1.54) is 0 Å². The molecule has 1 unspecified atom stereocenters. The fourth-order valence-corrected chi connectivity index (χ4v) is 3.23. The molecule has 6 nitrogen and oxygen atoms in total. The molecule has 1 saturated heterocycles. The van der Waals surface area contributed by atoms with Crippen LogP contribution >= 0.6 is 0 Å². The average molecular weight is 351 g/mol. The van der Waals surface area contributed by atoms with Crippen molar-refractivity contribution in [3.05, 3.63) is 54.6 Å². The normalized spacial score (nSPS) is 16.8. The van der Waals surface area contributed by atoms with Crippen molar-refractivity contribution in [3.8, 4) is 5.75 Å². The molecule has 3 aromatic rings. The minimum absolute atomic E-state index is 0.0135. The van der Waals surface area contributed by atoms with Gasteiger partial charge in [0.1, 0.15) is 11.3 Å². The van der Waals surface area contributed by atoms with Gasteiger partial charge < -0.3 is 19.4 Å². The lowest BCUT2D eigenvalue weighted by molar-refractivity contribution is -0.123. The lowest BCUT2D eigenvalue weighted by Crippen LogP contribution is -2.41. The maximum Gasteiger partial charge on any atom is 0.298 e. The molecule has 4 rings (SSSR count). The molecule has 26 heavy (non-hydrogen) atoms. The summed E-state index contributed by atoms with van der Waals surface area (Å²) in [7, 11) is 0. The lowest BCUT2D eigenvalue weighted by atomic mass is 10.2. The van der Waals surface area contributed by atoms with Crippen molar-refractivity contribution in [2.24, 2.45) is 0 Å². The molecule has 0 saturated carbocycles. The number of benzene rings is 2. The van der Waals surface area contributed by atoms with Crippen LogP contribution in [0.15, 0.2) is 59.0 Å². The number of fused-ring (bicyclic) bond motifs is 1. The second kappa shape index (κ2) is 7.47. The number of ether oxygens (including phenoxy) is 1. The Kier molecular flexibility index (Phi) is 4.73. The monoisotopic (exact) mass is 351 g/mol. The number of hydrogen-bond acceptors (Lipinski definition) is 5. The number of anilines is 1. The van der Waals surface area contributed by atoms with Crippen LogP contribution in [0, 0.1) is 0 Å². The summed E-state index contributed by atoms with van der Waals surface area (Å²) in [5, 5.41) is 2.95. The van der Waals surface area contributed by atoms with E-state index in [2.05, 4.69) is 15.2 Å². The smallest absolute Gasteiger partial charge is 0.298 e. The van der Waals surface area contributed by atoms with Gasteiger partial charge in [-0.3, -0.25) is 4.79 Å². The van der Waals surface area contributed by atoms with Gasteiger partial charge in [-0.25, -0.2) is 0 Å². The highest BCUT2D eigenvalue weighted by atomic mass is 16.5. The van der Waals surface area contributed by atoms with E-state index >= 15 is 0 Å². The first-order chi connectivity index (χ1) is 12.8. The van der Waals surface area contributed by atoms with Crippen molar-refractivity contribution in [1.82, 2.24) is 10.3 Å². The number of carbonyl (C=O) groups is 1. The first kappa shape index (κ1) is 16.4. The number of nitrogens with one attached hydrogen (secondary N) is 1. The Morgan fingerprint density at radius 3 is 2.85 bits per heavy atom. The molecule has 0 spiro atoms. The largest absolute Gasteiger partial charge is 0.484 e. The first-order valence-corrected chi connectivity index (χ1v) is 8.86. The molecule has 1 N–H and O–H groups in total. The highest BCUT2D eigenvalue weighted by Gasteiger charge is 2.28. The summed E-state index contributed by atoms with van der Waals surface area (Å²) in [6, 6.07) is 17.9. The summed E-state index contributed by atoms with van der Waals surface area (Å²) in [6.45, 7) is 1.45. The molecular weight excluding hydrogens is 330 g/mol. The summed E-state index contributed by atoms with van der Waals surface area (Å²) in [4.78, 5) is 18.8. The highest BCUT2D eigenvalue weighted by Crippen LogP contribution is 2.27. The lowest BCUT2D eigenvalue weighted by Gasteiger charge is -2.23. The second-order valence-corrected chi connectivity index (χ2v) is 6.36. The third-order valence-electron chi connectivity index (χ3n) is 4.55. The van der Waals surface area contributed by atoms with E-state index in [4.69, 9.17) is 9.15 Å². The van der Waals surface area contributed by atoms with Gasteiger partial charge in [-0.15, -0.1) is 0 Å². The van der Waals surface area contributed by atoms with Crippen LogP contribution in [0.4, 0.5) is 6.01 Å². The Hall–Kier alpha value is -3.02. The van der Waals surface area contributed by atoms with Crippen LogP contribution < -0.4 is 15.0 Å². The van der Waals surface area contributed by atoms with Gasteiger partial charge in [0.25, 0.3) is 11.9 Å². The molecule has 0 bridgehead atoms. The number of para-hydroxylation sites is 3. The van der Waals surface area contributed by atoms with Gasteiger partial charge in [0.2, 0.25) is 0 Å². The molecule has 1 aliphatic rings. The molecule has 6 heteroatoms. The molecule has 0 radical (unpaired) electrons. The van der Waals surface area contributed by atoms with Crippen LogP contribution in [0.2, 0.25) is 0 Å². The molecule has 1 aromatic heterocycles. The summed E-state index contributed by atoms with van der Waals surface area (Å²) in [6.07, 6.45) is 2.05. The zero-order valence-electron chi connectivity index (χ0n) is 14.4. The number of hydrogen-bond donors (Lipinski definition) is 1. The average Bonchev–Trinajstić information content (AvgIpc) is 3.31. The van der Waals surface area contributed by atoms with E-state index in [1.807, 2.05) is 54.6 Å². The van der Waals surface area contributed by atoms with E-state index in [-0.39, 0.29) is 18.6 Å². The van der Waals surface area contributed by atoms with Crippen molar-refractivity contribution in [2.45, 2.75) is 18.9 Å². The predicted octanol–water partition coefficient (Wildman–Crippen LogP) is 2.99. The van der Waals surface area contributed by atoms with Crippen LogP contribution in [0.25, 0.3) is 11.1 Å². The summed E-state index contributed by atoms with van der Waals surface area (Å²) >= 11 is 0. The highest BCUT2D eigenvalue weighted by molar-refractivity contribution is 5.77. The van der Waals surface area contributed by atoms with Crippen molar-refractivity contribution >= 4 is 23.0 Å². The molecular formula is C20H21N3O3. The molecule has 1 atom stereocenters. The molecule has 1 aliphatic heterocycles. The third kappa shape index (κ3) is 3.64. The standard InChI is InChI=1S/C20H21N3O3/c24-19(14-25-16-8-2-1-3-9-16)21-13-15-7-6-12-23(15)20-22-17-10-4-5-11-18(17)26-20/h1-5,8-11,15H,6-7,12-14H2,(H,21,24). The zero-order valence-corrected chi connectivity index (χ0v) is 14.4. The summed E-state index contributed by atoms with van der Waals surface area (Å²) in [5.41, 5.74) is 1.64. The van der Waals surface area contributed by atoms with Crippen LogP contribution in [0.5, 0.6) is 5.75 Å². The number of rotatable bonds is 6. The van der Waals surface area contributed by atoms with Crippen LogP contribution in [0.1, 0.15) is 12.8 Å². The van der Waals surface area contributed by atoms with Crippen LogP contribution in [-0.2, 0) is 4.79 Å². The maximum absolute atomic E-state index is 12.1. The number of carbonyl (C=O) groups excluding carboxylic acids is 1. The fraction of sp³-hybridized carbons (Fsp3) is 0.300. The maximum atomic E-state index is 12.1. The Morgan fingerprint density at radius 2 is 2.00 bits per heavy atom. The van der Waals surface area contributed by atoms with Gasteiger partial charge in [-0.05, 0) is 37.1 Å². The van der Waals surface area contributed by atoms with Gasteiger partial charge in [0.15, 0.2) is 12.2 Å². The third-order valence-corrected chi connectivity index (χ3v) is 4.55. The summed E-state index contributed by atoms with van der Waals surface area (Å²) < 4.78 is 11.3. The van der Waals surface area contributed by atoms with Crippen molar-refractivity contribution in [1.29, 1.82) is 0 Å². The summed E-state index contributed by atoms with van der Waals surface area (Å²) in [5.74, 6) is 0.565. The van der Waals surface area contributed by atoms with Gasteiger partial charge in [0.05, 0.1) is 6.04 Å². The number of aromatic nitrogens is 1. The van der Waals surface area contributed by atoms with Crippen LogP contribution in [0.3, 0.4) is 0 Å². The van der Waals surface area contributed by atoms with Crippen molar-refractivity contribution < 1.29 is 13.9 Å². The minimum Gasteiger partial charge on any atom is -0.484 e. The number of amides is 1. The molecule has 134 valence electrons. The Bertz CT molecular complexity index is 845. The van der Waals surface area contributed by atoms with E-state index in [1.54, 1.807) is 0 Å². The molecule has 1 amide bonds. The van der Waals surface area contributed by atoms with Crippen molar-refractivity contribution in [3.63, 3.8) is 0 Å². The fourth-order valence-electron chi connectivity index (χ4n) is 3.23. The molecule has 2 aromatic carbocycles. The first-order valence-electron chi connectivity index (χ1n) is 8.86. The van der Waals surface area contributed by atoms with Gasteiger partial charge in [-0.1, -0.05) is 30.3 Å². The molecule has 0 aliphatic carbocycles. The number of oxazole rings is 1. The topological polar surface area (TPSA) is 67.6 Å². The minimum atomic E-state index is -0.127. The predicted molar refractivity (Wildman–Crippen MR) is 99.3 cm³/mol. The Balaban J connectivity index is 1.33. The van der Waals surface area contributed by atoms with E-state index in [0.29, 0.717) is 18.3 Å². The van der Waals surface area contributed by atoms with Gasteiger partial charge >= 0.3 is 0 Å². The Morgan fingerprint density at radius 1 is 1.19 bits per heavy atom. The SMILES string of the molecule is O=C(COc1ccccc1)NCC1CCCN1c1nc2ccccc2o1. The molecule has 1 fully saturated rings. The number of nitrogens with zero attached hydrogens (tertiary/aromatic N) is 2. The second-order valence-electron chi connectivity index (χ2n) is 6.36. The zero-order chi connectivity index (χ0) is 17.8. The van der Waals surface area contributed by atoms with E-state index in [9.17, 15) is 4.79 Å². The van der Waals surface area contributed by atoms with Gasteiger partial charge in [0, 0.05) is 13.1 Å². The van der Waals surface area contributed by atoms with E-state index in [0.717, 1.165) is 30.5 Å². The van der Waals surface area contributed by atoms with Crippen LogP contribution in [-0.4, -0.2) is 36.6 Å². The van der Waals surface area contributed by atoms with E-state index < -0.39 is 0 Å². The van der Waals surface area contributed by atoms with Gasteiger partial charge in [-0.2, -0.15) is 4.98 Å². The quantitative estimate of drug-likeness (QED) is 0.739. The van der Waals surface area contributed by atoms with Crippen molar-refractivity contribution in [2.75, 3.05) is 24.6 Å². The Labute approximate surface area is 151 Å². The molecule has 2 heterocycles.